The molecule has 1 aliphatic rings. The highest BCUT2D eigenvalue weighted by atomic mass is 16.6. The average molecular weight is 371 g/mol. The van der Waals surface area contributed by atoms with E-state index in [1.165, 1.54) is 20.3 Å². The summed E-state index contributed by atoms with van der Waals surface area (Å²) in [6, 6.07) is 9.57. The van der Waals surface area contributed by atoms with Crippen LogP contribution in [0.25, 0.3) is 0 Å². The van der Waals surface area contributed by atoms with E-state index in [1.54, 1.807) is 30.3 Å². The molecule has 1 amide bonds. The summed E-state index contributed by atoms with van der Waals surface area (Å²) >= 11 is 0. The fraction of sp³-hybridized carbons (Fsp3) is 0.316. The van der Waals surface area contributed by atoms with Crippen molar-refractivity contribution in [3.63, 3.8) is 0 Å². The third-order valence-electron chi connectivity index (χ3n) is 4.54. The van der Waals surface area contributed by atoms with E-state index in [0.717, 1.165) is 25.9 Å². The SMILES string of the molecule is COc1ccc(OC)c(NC(=O)c2ccc(N3CCCC3)c([N+](=O)[O-])c2)c1. The van der Waals surface area contributed by atoms with Gasteiger partial charge in [-0.05, 0) is 37.1 Å². The van der Waals surface area contributed by atoms with Gasteiger partial charge in [-0.1, -0.05) is 0 Å². The fourth-order valence-electron chi connectivity index (χ4n) is 3.14. The van der Waals surface area contributed by atoms with Gasteiger partial charge in [-0.25, -0.2) is 0 Å². The second kappa shape index (κ2) is 7.94. The van der Waals surface area contributed by atoms with Gasteiger partial charge in [-0.15, -0.1) is 0 Å². The van der Waals surface area contributed by atoms with Crippen LogP contribution in [0.4, 0.5) is 17.1 Å². The number of ether oxygens (including phenoxy) is 2. The van der Waals surface area contributed by atoms with Gasteiger partial charge in [0.15, 0.2) is 0 Å². The summed E-state index contributed by atoms with van der Waals surface area (Å²) in [7, 11) is 3.01. The molecule has 0 spiro atoms. The minimum Gasteiger partial charge on any atom is -0.497 e. The summed E-state index contributed by atoms with van der Waals surface area (Å²) in [5.41, 5.74) is 1.11. The largest absolute Gasteiger partial charge is 0.497 e. The molecule has 0 aromatic heterocycles. The van der Waals surface area contributed by atoms with Crippen molar-refractivity contribution in [2.24, 2.45) is 0 Å². The van der Waals surface area contributed by atoms with Crippen molar-refractivity contribution in [3.8, 4) is 11.5 Å². The van der Waals surface area contributed by atoms with Gasteiger partial charge in [0.25, 0.3) is 11.6 Å². The number of nitro benzene ring substituents is 1. The summed E-state index contributed by atoms with van der Waals surface area (Å²) in [4.78, 5) is 25.7. The molecule has 3 rings (SSSR count). The van der Waals surface area contributed by atoms with Gasteiger partial charge in [0, 0.05) is 30.8 Å². The Balaban J connectivity index is 1.89. The second-order valence-corrected chi connectivity index (χ2v) is 6.18. The van der Waals surface area contributed by atoms with Crippen LogP contribution >= 0.6 is 0 Å². The molecule has 2 aromatic carbocycles. The lowest BCUT2D eigenvalue weighted by Crippen LogP contribution is -2.20. The van der Waals surface area contributed by atoms with Crippen molar-refractivity contribution in [2.45, 2.75) is 12.8 Å². The molecule has 8 heteroatoms. The molecule has 1 aliphatic heterocycles. The van der Waals surface area contributed by atoms with Crippen LogP contribution < -0.4 is 19.7 Å². The van der Waals surface area contributed by atoms with Crippen LogP contribution in [0.15, 0.2) is 36.4 Å². The summed E-state index contributed by atoms with van der Waals surface area (Å²) in [6.45, 7) is 1.57. The van der Waals surface area contributed by atoms with E-state index in [-0.39, 0.29) is 11.3 Å². The molecular formula is C19H21N3O5. The predicted molar refractivity (Wildman–Crippen MR) is 102 cm³/mol. The van der Waals surface area contributed by atoms with Crippen molar-refractivity contribution >= 4 is 23.0 Å². The Morgan fingerprint density at radius 1 is 1.11 bits per heavy atom. The number of hydrogen-bond donors (Lipinski definition) is 1. The maximum atomic E-state index is 12.6. The van der Waals surface area contributed by atoms with Gasteiger partial charge in [-0.2, -0.15) is 0 Å². The first-order valence-electron chi connectivity index (χ1n) is 8.60. The number of amides is 1. The van der Waals surface area contributed by atoms with Gasteiger partial charge >= 0.3 is 0 Å². The van der Waals surface area contributed by atoms with E-state index < -0.39 is 10.8 Å². The maximum Gasteiger partial charge on any atom is 0.293 e. The number of carbonyl (C=O) groups excluding carboxylic acids is 1. The monoisotopic (exact) mass is 371 g/mol. The molecule has 142 valence electrons. The van der Waals surface area contributed by atoms with Gasteiger partial charge in [0.1, 0.15) is 17.2 Å². The number of nitrogens with zero attached hydrogens (tertiary/aromatic N) is 2. The molecule has 27 heavy (non-hydrogen) atoms. The number of hydrogen-bond acceptors (Lipinski definition) is 6. The zero-order valence-corrected chi connectivity index (χ0v) is 15.2. The van der Waals surface area contributed by atoms with E-state index in [9.17, 15) is 14.9 Å². The highest BCUT2D eigenvalue weighted by Gasteiger charge is 2.24. The molecule has 2 aromatic rings. The van der Waals surface area contributed by atoms with Gasteiger partial charge in [0.2, 0.25) is 0 Å². The molecule has 0 atom stereocenters. The normalized spacial score (nSPS) is 13.3. The number of rotatable bonds is 6. The van der Waals surface area contributed by atoms with Crippen molar-refractivity contribution < 1.29 is 19.2 Å². The molecule has 0 saturated carbocycles. The minimum absolute atomic E-state index is 0.0674. The Morgan fingerprint density at radius 3 is 2.48 bits per heavy atom. The van der Waals surface area contributed by atoms with E-state index in [1.807, 2.05) is 4.90 Å². The van der Waals surface area contributed by atoms with E-state index >= 15 is 0 Å². The molecule has 8 nitrogen and oxygen atoms in total. The summed E-state index contributed by atoms with van der Waals surface area (Å²) < 4.78 is 10.4. The Bertz CT molecular complexity index is 862. The molecule has 0 bridgehead atoms. The number of nitro groups is 1. The molecule has 1 N–H and O–H groups in total. The minimum atomic E-state index is -0.461. The summed E-state index contributed by atoms with van der Waals surface area (Å²) in [5, 5.41) is 14.2. The van der Waals surface area contributed by atoms with Crippen LogP contribution in [0.5, 0.6) is 11.5 Å². The van der Waals surface area contributed by atoms with Crippen LogP contribution in [0.1, 0.15) is 23.2 Å². The molecule has 1 fully saturated rings. The van der Waals surface area contributed by atoms with Crippen molar-refractivity contribution in [1.82, 2.24) is 0 Å². The van der Waals surface area contributed by atoms with Crippen molar-refractivity contribution in [3.05, 3.63) is 52.1 Å². The quantitative estimate of drug-likeness (QED) is 0.617. The van der Waals surface area contributed by atoms with Gasteiger partial charge in [-0.3, -0.25) is 14.9 Å². The number of methoxy groups -OCH3 is 2. The van der Waals surface area contributed by atoms with Crippen LogP contribution in [0, 0.1) is 10.1 Å². The average Bonchev–Trinajstić information content (AvgIpc) is 3.22. The van der Waals surface area contributed by atoms with Crippen LogP contribution in [0.3, 0.4) is 0 Å². The smallest absolute Gasteiger partial charge is 0.293 e. The van der Waals surface area contributed by atoms with Crippen LogP contribution in [-0.2, 0) is 0 Å². The number of anilines is 2. The zero-order valence-electron chi connectivity index (χ0n) is 15.2. The second-order valence-electron chi connectivity index (χ2n) is 6.18. The summed E-state index contributed by atoms with van der Waals surface area (Å²) in [6.07, 6.45) is 2.02. The fourth-order valence-corrected chi connectivity index (χ4v) is 3.14. The van der Waals surface area contributed by atoms with E-state index in [2.05, 4.69) is 5.32 Å². The molecule has 1 saturated heterocycles. The van der Waals surface area contributed by atoms with Crippen LogP contribution in [0.2, 0.25) is 0 Å². The molecule has 0 radical (unpaired) electrons. The molecule has 0 aliphatic carbocycles. The first-order chi connectivity index (χ1) is 13.0. The van der Waals surface area contributed by atoms with E-state index in [4.69, 9.17) is 9.47 Å². The zero-order chi connectivity index (χ0) is 19.4. The molecular weight excluding hydrogens is 350 g/mol. The topological polar surface area (TPSA) is 93.9 Å². The van der Waals surface area contributed by atoms with Gasteiger partial charge < -0.3 is 19.7 Å². The maximum absolute atomic E-state index is 12.6. The standard InChI is InChI=1S/C19H21N3O5/c1-26-14-6-8-18(27-2)15(12-14)20-19(23)13-5-7-16(17(11-13)22(24)25)21-9-3-4-10-21/h5-8,11-12H,3-4,9-10H2,1-2H3,(H,20,23). The third kappa shape index (κ3) is 3.94. The first kappa shape index (κ1) is 18.5. The van der Waals surface area contributed by atoms with Crippen molar-refractivity contribution in [1.29, 1.82) is 0 Å². The predicted octanol–water partition coefficient (Wildman–Crippen LogP) is 3.46. The highest BCUT2D eigenvalue weighted by molar-refractivity contribution is 6.06. The lowest BCUT2D eigenvalue weighted by atomic mass is 10.1. The van der Waals surface area contributed by atoms with Gasteiger partial charge in [0.05, 0.1) is 24.8 Å². The first-order valence-corrected chi connectivity index (χ1v) is 8.60. The Morgan fingerprint density at radius 2 is 1.85 bits per heavy atom. The Labute approximate surface area is 156 Å². The lowest BCUT2D eigenvalue weighted by Gasteiger charge is -2.18. The summed E-state index contributed by atoms with van der Waals surface area (Å²) in [5.74, 6) is 0.562. The highest BCUT2D eigenvalue weighted by Crippen LogP contribution is 2.33. The Hall–Kier alpha value is -3.29. The van der Waals surface area contributed by atoms with Crippen LogP contribution in [-0.4, -0.2) is 38.1 Å². The molecule has 0 unspecified atom stereocenters. The number of carbonyl (C=O) groups is 1. The number of benzene rings is 2. The van der Waals surface area contributed by atoms with Crippen molar-refractivity contribution in [2.75, 3.05) is 37.5 Å². The molecule has 1 heterocycles. The number of nitrogens with one attached hydrogen (secondary N) is 1. The lowest BCUT2D eigenvalue weighted by molar-refractivity contribution is -0.384. The third-order valence-corrected chi connectivity index (χ3v) is 4.54. The Kier molecular flexibility index (Phi) is 5.44. The van der Waals surface area contributed by atoms with E-state index in [0.29, 0.717) is 22.9 Å².